The molecule has 0 fully saturated rings. The van der Waals surface area contributed by atoms with E-state index in [-0.39, 0.29) is 5.69 Å². The Bertz CT molecular complexity index is 389. The van der Waals surface area contributed by atoms with Crippen LogP contribution in [0, 0.1) is 10.1 Å². The molecule has 0 heterocycles. The molecule has 1 unspecified atom stereocenters. The molecule has 0 saturated heterocycles. The number of benzene rings is 1. The summed E-state index contributed by atoms with van der Waals surface area (Å²) in [5.41, 5.74) is -0.0608. The quantitative estimate of drug-likeness (QED) is 0.355. The van der Waals surface area contributed by atoms with Gasteiger partial charge < -0.3 is 0 Å². The van der Waals surface area contributed by atoms with Crippen molar-refractivity contribution in [1.82, 2.24) is 0 Å². The van der Waals surface area contributed by atoms with Crippen molar-refractivity contribution < 1.29 is 8.76 Å². The van der Waals surface area contributed by atoms with E-state index in [2.05, 4.69) is 6.58 Å². The Morgan fingerprint density at radius 1 is 1.50 bits per heavy atom. The molecule has 1 aromatic rings. The van der Waals surface area contributed by atoms with Crippen molar-refractivity contribution >= 4 is 24.0 Å². The summed E-state index contributed by atoms with van der Waals surface area (Å²) in [6, 6.07) is 6.13. The van der Waals surface area contributed by atoms with E-state index in [9.17, 15) is 13.9 Å². The van der Waals surface area contributed by atoms with Crippen molar-refractivity contribution in [3.05, 3.63) is 47.0 Å². The van der Waals surface area contributed by atoms with Crippen LogP contribution in [-0.2, 0) is 3.83 Å². The fourth-order valence-corrected chi connectivity index (χ4v) is 3.10. The zero-order valence-electron chi connectivity index (χ0n) is 7.38. The van der Waals surface area contributed by atoms with E-state index in [4.69, 9.17) is 0 Å². The number of nitrogens with zero attached hydrogens (tertiary/aromatic N) is 1. The topological polar surface area (TPSA) is 60.2 Å². The van der Waals surface area contributed by atoms with Gasteiger partial charge in [0.05, 0.1) is 0 Å². The standard InChI is InChI=1S/C9H9NO3Se/c1-2-7-14(13)9-6-4-3-5-8(9)10(11)12/h2-6H,1,7H2. The summed E-state index contributed by atoms with van der Waals surface area (Å²) in [5, 5.41) is 10.9. The third kappa shape index (κ3) is 2.34. The van der Waals surface area contributed by atoms with Crippen LogP contribution in [0.2, 0.25) is 5.32 Å². The van der Waals surface area contributed by atoms with Crippen LogP contribution in [0.1, 0.15) is 0 Å². The molecule has 14 heavy (non-hydrogen) atoms. The van der Waals surface area contributed by atoms with E-state index in [1.807, 2.05) is 0 Å². The van der Waals surface area contributed by atoms with Crippen molar-refractivity contribution in [2.45, 2.75) is 5.32 Å². The molecule has 1 aromatic carbocycles. The van der Waals surface area contributed by atoms with Gasteiger partial charge >= 0.3 is 85.1 Å². The third-order valence-electron chi connectivity index (χ3n) is 1.58. The van der Waals surface area contributed by atoms with Crippen molar-refractivity contribution in [3.63, 3.8) is 0 Å². The van der Waals surface area contributed by atoms with Crippen LogP contribution in [0.15, 0.2) is 36.9 Å². The Balaban J connectivity index is 3.12. The van der Waals surface area contributed by atoms with Crippen LogP contribution >= 0.6 is 0 Å². The Kier molecular flexibility index (Phi) is 3.68. The van der Waals surface area contributed by atoms with Crippen LogP contribution < -0.4 is 4.46 Å². The first kappa shape index (κ1) is 10.8. The first-order valence-electron chi connectivity index (χ1n) is 3.89. The Morgan fingerprint density at radius 3 is 2.71 bits per heavy atom. The third-order valence-corrected chi connectivity index (χ3v) is 4.46. The van der Waals surface area contributed by atoms with Crippen molar-refractivity contribution in [1.29, 1.82) is 0 Å². The minimum atomic E-state index is -2.33. The van der Waals surface area contributed by atoms with Gasteiger partial charge in [-0.25, -0.2) is 0 Å². The molecule has 0 aliphatic heterocycles. The number of nitro groups is 1. The molecule has 0 N–H and O–H groups in total. The zero-order chi connectivity index (χ0) is 10.6. The van der Waals surface area contributed by atoms with Crippen LogP contribution in [-0.4, -0.2) is 18.8 Å². The van der Waals surface area contributed by atoms with Gasteiger partial charge in [0, 0.05) is 0 Å². The first-order valence-corrected chi connectivity index (χ1v) is 6.66. The van der Waals surface area contributed by atoms with Gasteiger partial charge in [-0.15, -0.1) is 0 Å². The van der Waals surface area contributed by atoms with Gasteiger partial charge in [-0.1, -0.05) is 0 Å². The molecule has 4 nitrogen and oxygen atoms in total. The first-order chi connectivity index (χ1) is 6.66. The maximum absolute atomic E-state index is 11.6. The van der Waals surface area contributed by atoms with E-state index in [1.165, 1.54) is 12.1 Å². The number of rotatable bonds is 4. The monoisotopic (exact) mass is 259 g/mol. The summed E-state index contributed by atoms with van der Waals surface area (Å²) in [7, 11) is 0. The van der Waals surface area contributed by atoms with Gasteiger partial charge in [0.2, 0.25) is 0 Å². The molecule has 5 heteroatoms. The predicted octanol–water partition coefficient (Wildman–Crippen LogP) is 1.41. The molecule has 0 aliphatic carbocycles. The second-order valence-electron chi connectivity index (χ2n) is 2.53. The summed E-state index contributed by atoms with van der Waals surface area (Å²) >= 11 is -2.33. The number of hydrogen-bond donors (Lipinski definition) is 0. The second-order valence-corrected chi connectivity index (χ2v) is 5.60. The van der Waals surface area contributed by atoms with E-state index in [0.717, 1.165) is 0 Å². The summed E-state index contributed by atoms with van der Waals surface area (Å²) in [6.07, 6.45) is 1.52. The fraction of sp³-hybridized carbons (Fsp3) is 0.111. The van der Waals surface area contributed by atoms with Crippen LogP contribution in [0.4, 0.5) is 5.69 Å². The Morgan fingerprint density at radius 2 is 2.14 bits per heavy atom. The van der Waals surface area contributed by atoms with Gasteiger partial charge in [0.1, 0.15) is 0 Å². The van der Waals surface area contributed by atoms with Gasteiger partial charge in [-0.2, -0.15) is 0 Å². The summed E-state index contributed by atoms with van der Waals surface area (Å²) < 4.78 is 11.9. The molecule has 0 radical (unpaired) electrons. The second kappa shape index (κ2) is 4.79. The number of allylic oxidation sites excluding steroid dienone is 1. The predicted molar refractivity (Wildman–Crippen MR) is 54.2 cm³/mol. The molecule has 1 atom stereocenters. The molecule has 74 valence electrons. The summed E-state index contributed by atoms with van der Waals surface area (Å²) in [6.45, 7) is 3.46. The number of para-hydroxylation sites is 1. The Labute approximate surface area is 85.5 Å². The minimum absolute atomic E-state index is 0.0608. The number of nitro benzene ring substituents is 1. The number of hydrogen-bond acceptors (Lipinski definition) is 3. The van der Waals surface area contributed by atoms with Crippen molar-refractivity contribution in [2.75, 3.05) is 0 Å². The van der Waals surface area contributed by atoms with Gasteiger partial charge in [-0.05, 0) is 0 Å². The van der Waals surface area contributed by atoms with E-state index < -0.39 is 18.8 Å². The van der Waals surface area contributed by atoms with Crippen LogP contribution in [0.5, 0.6) is 0 Å². The molecule has 0 aliphatic rings. The van der Waals surface area contributed by atoms with Crippen LogP contribution in [0.3, 0.4) is 0 Å². The SMILES string of the molecule is C=CC[Se](=O)c1ccccc1[N+](=O)[O-]. The average Bonchev–Trinajstić information content (AvgIpc) is 2.18. The van der Waals surface area contributed by atoms with Crippen molar-refractivity contribution in [3.8, 4) is 0 Å². The zero-order valence-corrected chi connectivity index (χ0v) is 9.09. The molecule has 1 rings (SSSR count). The average molecular weight is 258 g/mol. The maximum atomic E-state index is 11.6. The van der Waals surface area contributed by atoms with Crippen molar-refractivity contribution in [2.24, 2.45) is 0 Å². The molecular weight excluding hydrogens is 249 g/mol. The summed E-state index contributed by atoms with van der Waals surface area (Å²) in [4.78, 5) is 10.1. The fourth-order valence-electron chi connectivity index (χ4n) is 0.997. The molecule has 0 aromatic heterocycles. The molecule has 0 amide bonds. The van der Waals surface area contributed by atoms with E-state index >= 15 is 0 Å². The van der Waals surface area contributed by atoms with Gasteiger partial charge in [0.15, 0.2) is 0 Å². The van der Waals surface area contributed by atoms with Crippen LogP contribution in [0.25, 0.3) is 0 Å². The van der Waals surface area contributed by atoms with Gasteiger partial charge in [0.25, 0.3) is 0 Å². The Hall–Kier alpha value is -1.32. The molecule has 0 saturated carbocycles. The normalized spacial score (nSPS) is 12.0. The summed E-state index contributed by atoms with van der Waals surface area (Å²) in [5.74, 6) is 0. The van der Waals surface area contributed by atoms with Gasteiger partial charge in [-0.3, -0.25) is 0 Å². The van der Waals surface area contributed by atoms with E-state index in [0.29, 0.717) is 9.78 Å². The molecule has 0 spiro atoms. The van der Waals surface area contributed by atoms with E-state index in [1.54, 1.807) is 18.2 Å². The molecular formula is C9H9NO3Se. The molecule has 0 bridgehead atoms.